The van der Waals surface area contributed by atoms with Crippen LogP contribution in [0.5, 0.6) is 0 Å². The molecular weight excluding hydrogens is 415 g/mol. The number of hydrogen-bond acceptors (Lipinski definition) is 3. The summed E-state index contributed by atoms with van der Waals surface area (Å²) in [6.45, 7) is 0.356. The zero-order chi connectivity index (χ0) is 21.8. The Labute approximate surface area is 175 Å². The second kappa shape index (κ2) is 7.25. The van der Waals surface area contributed by atoms with Crippen molar-refractivity contribution in [3.8, 4) is 11.1 Å². The molecule has 3 aromatic rings. The predicted octanol–water partition coefficient (Wildman–Crippen LogP) is 5.21. The molecule has 3 heterocycles. The van der Waals surface area contributed by atoms with E-state index in [0.717, 1.165) is 18.4 Å². The Morgan fingerprint density at radius 3 is 2.39 bits per heavy atom. The molecule has 2 fully saturated rings. The van der Waals surface area contributed by atoms with Gasteiger partial charge in [0.15, 0.2) is 5.65 Å². The van der Waals surface area contributed by atoms with Crippen LogP contribution in [0, 0.1) is 5.92 Å². The van der Waals surface area contributed by atoms with Crippen LogP contribution in [0.3, 0.4) is 0 Å². The monoisotopic (exact) mass is 436 g/mol. The zero-order valence-electron chi connectivity index (χ0n) is 16.7. The van der Waals surface area contributed by atoms with Crippen molar-refractivity contribution in [1.82, 2.24) is 19.5 Å². The molecule has 9 heteroatoms. The summed E-state index contributed by atoms with van der Waals surface area (Å²) < 4.78 is 70.2. The molecule has 164 valence electrons. The molecule has 1 saturated carbocycles. The minimum absolute atomic E-state index is 0.0321. The molecule has 0 atom stereocenters. The number of pyridine rings is 1. The fourth-order valence-electron chi connectivity index (χ4n) is 4.23. The van der Waals surface area contributed by atoms with Gasteiger partial charge in [-0.05, 0) is 41.5 Å². The predicted molar refractivity (Wildman–Crippen MR) is 105 cm³/mol. The van der Waals surface area contributed by atoms with Crippen molar-refractivity contribution in [2.45, 2.75) is 44.3 Å². The first-order valence-corrected chi connectivity index (χ1v) is 10.3. The first-order chi connectivity index (χ1) is 14.7. The number of fused-ring (bicyclic) bond motifs is 1. The second-order valence-electron chi connectivity index (χ2n) is 8.57. The first-order valence-electron chi connectivity index (χ1n) is 10.3. The molecule has 0 N–H and O–H groups in total. The highest BCUT2D eigenvalue weighted by Gasteiger charge is 2.39. The van der Waals surface area contributed by atoms with Crippen LogP contribution in [0.25, 0.3) is 16.8 Å². The highest BCUT2D eigenvalue weighted by molar-refractivity contribution is 5.74. The van der Waals surface area contributed by atoms with Gasteiger partial charge in [-0.2, -0.15) is 13.2 Å². The van der Waals surface area contributed by atoms with Gasteiger partial charge in [-0.1, -0.05) is 24.3 Å². The van der Waals surface area contributed by atoms with E-state index in [0.29, 0.717) is 36.8 Å². The lowest BCUT2D eigenvalue weighted by Gasteiger charge is -2.17. The minimum Gasteiger partial charge on any atom is -0.293 e. The van der Waals surface area contributed by atoms with Gasteiger partial charge in [-0.25, -0.2) is 8.78 Å². The third kappa shape index (κ3) is 4.15. The maximum atomic E-state index is 14.0. The third-order valence-electron chi connectivity index (χ3n) is 6.02. The number of alkyl halides is 5. The highest BCUT2D eigenvalue weighted by Crippen LogP contribution is 2.40. The minimum atomic E-state index is -4.60. The summed E-state index contributed by atoms with van der Waals surface area (Å²) in [6, 6.07) is 8.04. The van der Waals surface area contributed by atoms with Gasteiger partial charge in [0, 0.05) is 32.1 Å². The largest absolute Gasteiger partial charge is 0.420 e. The number of nitrogens with zero attached hydrogens (tertiary/aromatic N) is 4. The Morgan fingerprint density at radius 2 is 1.77 bits per heavy atom. The van der Waals surface area contributed by atoms with E-state index in [1.165, 1.54) is 10.5 Å². The standard InChI is InChI=1S/C22H21F5N4/c23-21(24)8-10-30(13-21)12-15-3-5-16(6-4-15)17-7-9-31-18(11-14-1-2-14)28-29-20(31)19(17)22(25,26)27/h3-7,9,14H,1-2,8,10-13H2. The lowest BCUT2D eigenvalue weighted by Crippen LogP contribution is -2.24. The van der Waals surface area contributed by atoms with E-state index in [-0.39, 0.29) is 24.2 Å². The van der Waals surface area contributed by atoms with Crippen molar-refractivity contribution in [3.05, 3.63) is 53.5 Å². The van der Waals surface area contributed by atoms with Crippen LogP contribution in [0.1, 0.15) is 36.2 Å². The topological polar surface area (TPSA) is 33.4 Å². The highest BCUT2D eigenvalue weighted by atomic mass is 19.4. The number of aromatic nitrogens is 3. The summed E-state index contributed by atoms with van der Waals surface area (Å²) in [7, 11) is 0. The molecular formula is C22H21F5N4. The Morgan fingerprint density at radius 1 is 1.03 bits per heavy atom. The first kappa shape index (κ1) is 20.4. The van der Waals surface area contributed by atoms with Gasteiger partial charge in [0.1, 0.15) is 11.4 Å². The van der Waals surface area contributed by atoms with Crippen LogP contribution in [-0.4, -0.2) is 38.5 Å². The molecule has 0 amide bonds. The molecule has 1 saturated heterocycles. The molecule has 1 aliphatic carbocycles. The molecule has 1 aromatic carbocycles. The zero-order valence-corrected chi connectivity index (χ0v) is 16.7. The molecule has 31 heavy (non-hydrogen) atoms. The van der Waals surface area contributed by atoms with Gasteiger partial charge in [0.2, 0.25) is 0 Å². The lowest BCUT2D eigenvalue weighted by atomic mass is 9.99. The average Bonchev–Trinajstić information content (AvgIpc) is 3.33. The van der Waals surface area contributed by atoms with E-state index >= 15 is 0 Å². The normalized spacial score (nSPS) is 19.4. The summed E-state index contributed by atoms with van der Waals surface area (Å²) >= 11 is 0. The molecule has 0 radical (unpaired) electrons. The van der Waals surface area contributed by atoms with Crippen LogP contribution >= 0.6 is 0 Å². The quantitative estimate of drug-likeness (QED) is 0.515. The maximum absolute atomic E-state index is 14.0. The lowest BCUT2D eigenvalue weighted by molar-refractivity contribution is -0.136. The van der Waals surface area contributed by atoms with E-state index in [4.69, 9.17) is 0 Å². The smallest absolute Gasteiger partial charge is 0.293 e. The van der Waals surface area contributed by atoms with Gasteiger partial charge >= 0.3 is 6.18 Å². The van der Waals surface area contributed by atoms with Gasteiger partial charge in [0.05, 0.1) is 6.54 Å². The van der Waals surface area contributed by atoms with Gasteiger partial charge in [-0.3, -0.25) is 9.30 Å². The van der Waals surface area contributed by atoms with Crippen molar-refractivity contribution in [2.24, 2.45) is 5.92 Å². The van der Waals surface area contributed by atoms with Gasteiger partial charge in [0.25, 0.3) is 5.92 Å². The van der Waals surface area contributed by atoms with Crippen molar-refractivity contribution >= 4 is 5.65 Å². The van der Waals surface area contributed by atoms with Crippen LogP contribution in [0.15, 0.2) is 36.5 Å². The van der Waals surface area contributed by atoms with Crippen molar-refractivity contribution in [1.29, 1.82) is 0 Å². The molecule has 0 unspecified atom stereocenters. The van der Waals surface area contributed by atoms with E-state index in [9.17, 15) is 22.0 Å². The average molecular weight is 436 g/mol. The number of rotatable bonds is 5. The molecule has 2 aliphatic rings. The molecule has 1 aliphatic heterocycles. The maximum Gasteiger partial charge on any atom is 0.420 e. The van der Waals surface area contributed by atoms with E-state index in [1.54, 1.807) is 35.4 Å². The molecule has 0 spiro atoms. The Kier molecular flexibility index (Phi) is 4.76. The van der Waals surface area contributed by atoms with Crippen LogP contribution < -0.4 is 0 Å². The molecule has 5 rings (SSSR count). The van der Waals surface area contributed by atoms with Crippen LogP contribution in [0.2, 0.25) is 0 Å². The van der Waals surface area contributed by atoms with Crippen molar-refractivity contribution < 1.29 is 22.0 Å². The van der Waals surface area contributed by atoms with E-state index in [2.05, 4.69) is 10.2 Å². The Balaban J connectivity index is 1.46. The summed E-state index contributed by atoms with van der Waals surface area (Å²) in [5.74, 6) is -1.65. The molecule has 0 bridgehead atoms. The number of likely N-dealkylation sites (tertiary alicyclic amines) is 1. The summed E-state index contributed by atoms with van der Waals surface area (Å²) in [5.41, 5.74) is 0.215. The summed E-state index contributed by atoms with van der Waals surface area (Å²) in [4.78, 5) is 1.65. The SMILES string of the molecule is FC1(F)CCN(Cc2ccc(-c3ccn4c(CC5CC5)nnc4c3C(F)(F)F)cc2)C1. The van der Waals surface area contributed by atoms with Crippen molar-refractivity contribution in [2.75, 3.05) is 13.1 Å². The Bertz CT molecular complexity index is 1100. The van der Waals surface area contributed by atoms with Crippen LogP contribution in [-0.2, 0) is 19.1 Å². The molecule has 2 aromatic heterocycles. The Hall–Kier alpha value is -2.55. The van der Waals surface area contributed by atoms with Gasteiger partial charge in [-0.15, -0.1) is 10.2 Å². The number of hydrogen-bond donors (Lipinski definition) is 0. The summed E-state index contributed by atoms with van der Waals surface area (Å²) in [5, 5.41) is 7.88. The second-order valence-corrected chi connectivity index (χ2v) is 8.57. The fourth-order valence-corrected chi connectivity index (χ4v) is 4.23. The van der Waals surface area contributed by atoms with Gasteiger partial charge < -0.3 is 0 Å². The van der Waals surface area contributed by atoms with E-state index in [1.807, 2.05) is 0 Å². The van der Waals surface area contributed by atoms with Crippen molar-refractivity contribution in [3.63, 3.8) is 0 Å². The molecule has 4 nitrogen and oxygen atoms in total. The third-order valence-corrected chi connectivity index (χ3v) is 6.02. The van der Waals surface area contributed by atoms with E-state index < -0.39 is 17.7 Å². The van der Waals surface area contributed by atoms with Crippen LogP contribution in [0.4, 0.5) is 22.0 Å². The number of halogens is 5. The summed E-state index contributed by atoms with van der Waals surface area (Å²) in [6.07, 6.45) is -0.399. The fraction of sp³-hybridized carbons (Fsp3) is 0.455. The number of benzene rings is 1.